The average molecular weight is 552 g/mol. The summed E-state index contributed by atoms with van der Waals surface area (Å²) in [4.78, 5) is 25.8. The zero-order valence-electron chi connectivity index (χ0n) is 21.9. The molecule has 6 heteroatoms. The van der Waals surface area contributed by atoms with Crippen molar-refractivity contribution in [3.05, 3.63) is 124 Å². The molecule has 2 aromatic heterocycles. The Morgan fingerprint density at radius 3 is 2.15 bits per heavy atom. The number of fused-ring (bicyclic) bond motifs is 1. The summed E-state index contributed by atoms with van der Waals surface area (Å²) in [6.07, 6.45) is 0.983. The van der Waals surface area contributed by atoms with Crippen LogP contribution in [0, 0.1) is 0 Å². The Hall–Kier alpha value is -3.51. The number of aromatic nitrogens is 1. The van der Waals surface area contributed by atoms with E-state index in [9.17, 15) is 4.79 Å². The fourth-order valence-electron chi connectivity index (χ4n) is 5.45. The van der Waals surface area contributed by atoms with Crippen LogP contribution in [-0.2, 0) is 6.42 Å². The van der Waals surface area contributed by atoms with Gasteiger partial charge in [0.1, 0.15) is 0 Å². The normalized spacial score (nSPS) is 14.3. The number of carbonyl (C=O) groups is 1. The van der Waals surface area contributed by atoms with Crippen LogP contribution in [0.3, 0.4) is 0 Å². The lowest BCUT2D eigenvalue weighted by atomic mass is 9.96. The average Bonchev–Trinajstić information content (AvgIpc) is 3.48. The maximum atomic E-state index is 14.0. The second-order valence-electron chi connectivity index (χ2n) is 9.89. The van der Waals surface area contributed by atoms with Gasteiger partial charge in [-0.05, 0) is 53.9 Å². The molecule has 0 aliphatic carbocycles. The monoisotopic (exact) mass is 551 g/mol. The molecule has 0 spiro atoms. The van der Waals surface area contributed by atoms with E-state index in [0.29, 0.717) is 23.7 Å². The molecule has 1 aliphatic rings. The van der Waals surface area contributed by atoms with Gasteiger partial charge in [-0.15, -0.1) is 11.3 Å². The van der Waals surface area contributed by atoms with Crippen LogP contribution in [0.2, 0.25) is 5.02 Å². The summed E-state index contributed by atoms with van der Waals surface area (Å²) in [5.74, 6) is 0.0359. The number of carbonyl (C=O) groups excluding carboxylic acids is 1. The van der Waals surface area contributed by atoms with Crippen LogP contribution in [0.1, 0.15) is 39.3 Å². The Labute approximate surface area is 238 Å². The lowest BCUT2D eigenvalue weighted by Crippen LogP contribution is -2.49. The summed E-state index contributed by atoms with van der Waals surface area (Å²) in [5, 5.41) is 1.41. The van der Waals surface area contributed by atoms with Crippen LogP contribution in [0.5, 0.6) is 0 Å². The topological polar surface area (TPSA) is 36.4 Å². The molecule has 0 N–H and O–H groups in total. The number of thiophene rings is 1. The van der Waals surface area contributed by atoms with Gasteiger partial charge in [-0.1, -0.05) is 79.2 Å². The highest BCUT2D eigenvalue weighted by molar-refractivity contribution is 7.15. The molecule has 0 bridgehead atoms. The lowest BCUT2D eigenvalue weighted by Gasteiger charge is -2.40. The summed E-state index contributed by atoms with van der Waals surface area (Å²) in [6, 6.07) is 33.2. The summed E-state index contributed by atoms with van der Waals surface area (Å²) in [7, 11) is 0. The largest absolute Gasteiger partial charge is 0.336 e. The number of piperazine rings is 1. The SMILES string of the molecule is CCc1ccc(-c2cc(C(=O)N3CCN(C(c4ccccc4)c4ccccc4)CC3)c3cc(Cl)ccc3n2)s1. The number of hydrogen-bond donors (Lipinski definition) is 0. The molecule has 0 radical (unpaired) electrons. The lowest BCUT2D eigenvalue weighted by molar-refractivity contribution is 0.0599. The van der Waals surface area contributed by atoms with Crippen molar-refractivity contribution >= 4 is 39.7 Å². The van der Waals surface area contributed by atoms with E-state index in [0.717, 1.165) is 41.0 Å². The molecule has 196 valence electrons. The summed E-state index contributed by atoms with van der Waals surface area (Å²) < 4.78 is 0. The van der Waals surface area contributed by atoms with Crippen molar-refractivity contribution in [2.24, 2.45) is 0 Å². The number of hydrogen-bond acceptors (Lipinski definition) is 4. The molecule has 1 aliphatic heterocycles. The predicted octanol–water partition coefficient (Wildman–Crippen LogP) is 7.73. The van der Waals surface area contributed by atoms with Gasteiger partial charge in [-0.2, -0.15) is 0 Å². The van der Waals surface area contributed by atoms with Crippen LogP contribution in [0.4, 0.5) is 0 Å². The number of rotatable bonds is 6. The Balaban J connectivity index is 1.29. The molecule has 6 rings (SSSR count). The van der Waals surface area contributed by atoms with Gasteiger partial charge in [-0.25, -0.2) is 4.98 Å². The molecule has 4 nitrogen and oxygen atoms in total. The highest BCUT2D eigenvalue weighted by Crippen LogP contribution is 2.33. The van der Waals surface area contributed by atoms with Crippen molar-refractivity contribution in [2.45, 2.75) is 19.4 Å². The third-order valence-electron chi connectivity index (χ3n) is 7.46. The number of halogens is 1. The molecular weight excluding hydrogens is 522 g/mol. The van der Waals surface area contributed by atoms with Crippen LogP contribution in [0.25, 0.3) is 21.5 Å². The molecular formula is C33H30ClN3OS. The minimum absolute atomic E-state index is 0.0359. The van der Waals surface area contributed by atoms with Crippen molar-refractivity contribution in [3.8, 4) is 10.6 Å². The molecule has 1 saturated heterocycles. The van der Waals surface area contributed by atoms with E-state index in [1.807, 2.05) is 29.2 Å². The zero-order chi connectivity index (χ0) is 26.8. The van der Waals surface area contributed by atoms with E-state index >= 15 is 0 Å². The fourth-order valence-corrected chi connectivity index (χ4v) is 6.53. The molecule has 3 heterocycles. The van der Waals surface area contributed by atoms with Crippen LogP contribution >= 0.6 is 22.9 Å². The van der Waals surface area contributed by atoms with Gasteiger partial charge in [0, 0.05) is 41.5 Å². The second-order valence-corrected chi connectivity index (χ2v) is 11.5. The minimum Gasteiger partial charge on any atom is -0.336 e. The maximum absolute atomic E-state index is 14.0. The van der Waals surface area contributed by atoms with Gasteiger partial charge >= 0.3 is 0 Å². The van der Waals surface area contributed by atoms with Gasteiger partial charge in [0.25, 0.3) is 5.91 Å². The molecule has 0 saturated carbocycles. The number of nitrogens with zero attached hydrogens (tertiary/aromatic N) is 3. The molecule has 0 unspecified atom stereocenters. The first kappa shape index (κ1) is 25.8. The summed E-state index contributed by atoms with van der Waals surface area (Å²) in [5.41, 5.74) is 4.83. The molecule has 1 fully saturated rings. The first-order valence-corrected chi connectivity index (χ1v) is 14.6. The standard InChI is InChI=1S/C33H30ClN3OS/c1-2-26-14-16-31(39-26)30-22-28(27-21-25(34)13-15-29(27)35-30)33(38)37-19-17-36(18-20-37)32(23-9-5-3-6-10-23)24-11-7-4-8-12-24/h3-16,21-22,32H,2,17-20H2,1H3. The Bertz CT molecular complexity index is 1550. The van der Waals surface area contributed by atoms with E-state index in [1.54, 1.807) is 11.3 Å². The molecule has 0 atom stereocenters. The Kier molecular flexibility index (Phi) is 7.47. The van der Waals surface area contributed by atoms with Crippen LogP contribution in [-0.4, -0.2) is 46.9 Å². The summed E-state index contributed by atoms with van der Waals surface area (Å²) in [6.45, 7) is 5.06. The first-order valence-electron chi connectivity index (χ1n) is 13.4. The number of benzene rings is 3. The van der Waals surface area contributed by atoms with Crippen LogP contribution < -0.4 is 0 Å². The van der Waals surface area contributed by atoms with E-state index in [1.165, 1.54) is 16.0 Å². The molecule has 3 aromatic carbocycles. The molecule has 1 amide bonds. The fraction of sp³-hybridized carbons (Fsp3) is 0.212. The van der Waals surface area contributed by atoms with Gasteiger partial charge < -0.3 is 4.90 Å². The third kappa shape index (κ3) is 5.35. The highest BCUT2D eigenvalue weighted by atomic mass is 35.5. The van der Waals surface area contributed by atoms with Gasteiger partial charge in [0.15, 0.2) is 0 Å². The van der Waals surface area contributed by atoms with Crippen LogP contribution in [0.15, 0.2) is 97.1 Å². The second kappa shape index (κ2) is 11.3. The minimum atomic E-state index is 0.0359. The first-order chi connectivity index (χ1) is 19.1. The van der Waals surface area contributed by atoms with Crippen molar-refractivity contribution in [2.75, 3.05) is 26.2 Å². The highest BCUT2D eigenvalue weighted by Gasteiger charge is 2.29. The molecule has 39 heavy (non-hydrogen) atoms. The van der Waals surface area contributed by atoms with Gasteiger partial charge in [-0.3, -0.25) is 9.69 Å². The van der Waals surface area contributed by atoms with E-state index < -0.39 is 0 Å². The summed E-state index contributed by atoms with van der Waals surface area (Å²) >= 11 is 8.11. The van der Waals surface area contributed by atoms with Crippen molar-refractivity contribution in [1.29, 1.82) is 0 Å². The van der Waals surface area contributed by atoms with Gasteiger partial charge in [0.05, 0.1) is 27.7 Å². The number of amides is 1. The number of aryl methyl sites for hydroxylation is 1. The van der Waals surface area contributed by atoms with E-state index in [-0.39, 0.29) is 11.9 Å². The quantitative estimate of drug-likeness (QED) is 0.217. The van der Waals surface area contributed by atoms with Crippen molar-refractivity contribution in [1.82, 2.24) is 14.8 Å². The van der Waals surface area contributed by atoms with Crippen molar-refractivity contribution in [3.63, 3.8) is 0 Å². The Morgan fingerprint density at radius 2 is 1.54 bits per heavy atom. The Morgan fingerprint density at radius 1 is 0.872 bits per heavy atom. The van der Waals surface area contributed by atoms with Crippen molar-refractivity contribution < 1.29 is 4.79 Å². The van der Waals surface area contributed by atoms with E-state index in [2.05, 4.69) is 84.6 Å². The van der Waals surface area contributed by atoms with E-state index in [4.69, 9.17) is 16.6 Å². The zero-order valence-corrected chi connectivity index (χ0v) is 23.5. The molecule has 5 aromatic rings. The smallest absolute Gasteiger partial charge is 0.254 e. The number of pyridine rings is 1. The predicted molar refractivity (Wildman–Crippen MR) is 162 cm³/mol. The maximum Gasteiger partial charge on any atom is 0.254 e. The third-order valence-corrected chi connectivity index (χ3v) is 8.95. The van der Waals surface area contributed by atoms with Gasteiger partial charge in [0.2, 0.25) is 0 Å².